The predicted molar refractivity (Wildman–Crippen MR) is 53.3 cm³/mol. The summed E-state index contributed by atoms with van der Waals surface area (Å²) in [4.78, 5) is 0. The molecule has 1 nitrogen and oxygen atoms in total. The Hall–Kier alpha value is -1.63. The quantitative estimate of drug-likeness (QED) is 0.517. The third kappa shape index (κ3) is 1.59. The summed E-state index contributed by atoms with van der Waals surface area (Å²) in [6, 6.07) is 6.11. The van der Waals surface area contributed by atoms with E-state index in [1.165, 1.54) is 10.9 Å². The van der Waals surface area contributed by atoms with Crippen LogP contribution >= 0.6 is 0 Å². The van der Waals surface area contributed by atoms with E-state index in [2.05, 4.69) is 37.1 Å². The Labute approximate surface area is 77.7 Å². The van der Waals surface area contributed by atoms with Crippen LogP contribution in [0.15, 0.2) is 48.7 Å². The van der Waals surface area contributed by atoms with Crippen LogP contribution in [0.1, 0.15) is 6.42 Å². The lowest BCUT2D eigenvalue weighted by Gasteiger charge is -1.97. The van der Waals surface area contributed by atoms with Crippen LogP contribution in [-0.2, 0) is 0 Å². The second-order valence-electron chi connectivity index (χ2n) is 3.07. The van der Waals surface area contributed by atoms with Crippen LogP contribution < -0.4 is 9.59 Å². The molecule has 0 fully saturated rings. The van der Waals surface area contributed by atoms with Gasteiger partial charge in [0.2, 0.25) is 5.35 Å². The third-order valence-electron chi connectivity index (χ3n) is 2.15. The highest BCUT2D eigenvalue weighted by molar-refractivity contribution is 5.58. The van der Waals surface area contributed by atoms with Gasteiger partial charge in [-0.3, -0.25) is 0 Å². The van der Waals surface area contributed by atoms with E-state index >= 15 is 0 Å². The molecule has 1 aliphatic carbocycles. The van der Waals surface area contributed by atoms with Crippen molar-refractivity contribution in [1.82, 2.24) is 0 Å². The maximum atomic E-state index is 3.93. The number of hydrogen-bond donors (Lipinski definition) is 0. The molecule has 0 saturated carbocycles. The van der Waals surface area contributed by atoms with Gasteiger partial charge in [0.25, 0.3) is 0 Å². The van der Waals surface area contributed by atoms with Crippen molar-refractivity contribution in [1.29, 1.82) is 0 Å². The molecule has 0 aromatic carbocycles. The Morgan fingerprint density at radius 3 is 2.85 bits per heavy atom. The first-order valence-electron chi connectivity index (χ1n) is 4.39. The molecule has 0 unspecified atom stereocenters. The molecular formula is C12H12N+. The van der Waals surface area contributed by atoms with Gasteiger partial charge in [0.1, 0.15) is 6.72 Å². The van der Waals surface area contributed by atoms with Gasteiger partial charge in [-0.05, 0) is 12.5 Å². The minimum Gasteiger partial charge on any atom is -0.174 e. The Kier molecular flexibility index (Phi) is 2.09. The van der Waals surface area contributed by atoms with Gasteiger partial charge in [-0.1, -0.05) is 24.3 Å². The Morgan fingerprint density at radius 1 is 1.23 bits per heavy atom. The van der Waals surface area contributed by atoms with E-state index < -0.39 is 0 Å². The third-order valence-corrected chi connectivity index (χ3v) is 2.15. The van der Waals surface area contributed by atoms with E-state index in [0.717, 1.165) is 6.42 Å². The van der Waals surface area contributed by atoms with E-state index in [0.29, 0.717) is 0 Å². The molecule has 1 aromatic rings. The number of nitrogens with zero attached hydrogens (tertiary/aromatic N) is 1. The molecule has 0 atom stereocenters. The fraction of sp³-hybridized carbons (Fsp3) is 0.0833. The maximum absolute atomic E-state index is 3.93. The molecule has 2 rings (SSSR count). The lowest BCUT2D eigenvalue weighted by Crippen LogP contribution is -2.36. The minimum absolute atomic E-state index is 0.996. The van der Waals surface area contributed by atoms with Crippen LogP contribution in [-0.4, -0.2) is 0 Å². The first-order valence-corrected chi connectivity index (χ1v) is 4.39. The molecule has 1 heteroatoms. The summed E-state index contributed by atoms with van der Waals surface area (Å²) >= 11 is 0. The average Bonchev–Trinajstić information content (AvgIpc) is 2.20. The van der Waals surface area contributed by atoms with Gasteiger partial charge in [-0.25, -0.2) is 0 Å². The van der Waals surface area contributed by atoms with Crippen molar-refractivity contribution in [2.24, 2.45) is 0 Å². The monoisotopic (exact) mass is 170 g/mol. The van der Waals surface area contributed by atoms with Gasteiger partial charge in [0.15, 0.2) is 6.20 Å². The fourth-order valence-corrected chi connectivity index (χ4v) is 1.47. The van der Waals surface area contributed by atoms with Gasteiger partial charge in [0, 0.05) is 17.7 Å². The summed E-state index contributed by atoms with van der Waals surface area (Å²) in [5, 5.41) is 1.18. The topological polar surface area (TPSA) is 5.90 Å². The second-order valence-corrected chi connectivity index (χ2v) is 3.07. The molecule has 64 valence electrons. The molecular weight excluding hydrogens is 158 g/mol. The van der Waals surface area contributed by atoms with Crippen molar-refractivity contribution in [2.75, 3.05) is 0 Å². The van der Waals surface area contributed by atoms with Crippen LogP contribution in [0.2, 0.25) is 0 Å². The molecule has 0 saturated heterocycles. The number of pyridine rings is 1. The van der Waals surface area contributed by atoms with Crippen molar-refractivity contribution in [2.45, 2.75) is 6.42 Å². The fourth-order valence-electron chi connectivity index (χ4n) is 1.47. The average molecular weight is 170 g/mol. The van der Waals surface area contributed by atoms with Gasteiger partial charge < -0.3 is 0 Å². The first-order chi connectivity index (χ1) is 6.38. The van der Waals surface area contributed by atoms with Crippen LogP contribution in [0.4, 0.5) is 0 Å². The SMILES string of the molecule is C=[n+]1cccc/c1=C1/C=CC=CC1. The van der Waals surface area contributed by atoms with E-state index in [1.54, 1.807) is 0 Å². The second kappa shape index (κ2) is 3.40. The molecule has 1 aliphatic rings. The van der Waals surface area contributed by atoms with Crippen molar-refractivity contribution >= 4 is 5.57 Å². The zero-order valence-corrected chi connectivity index (χ0v) is 7.48. The number of aromatic nitrogens is 1. The Morgan fingerprint density at radius 2 is 2.15 bits per heavy atom. The van der Waals surface area contributed by atoms with Crippen molar-refractivity contribution in [3.05, 3.63) is 60.8 Å². The highest BCUT2D eigenvalue weighted by atomic mass is 14.8. The summed E-state index contributed by atoms with van der Waals surface area (Å²) in [5.41, 5.74) is 1.32. The molecule has 13 heavy (non-hydrogen) atoms. The Balaban J connectivity index is 2.68. The summed E-state index contributed by atoms with van der Waals surface area (Å²) < 4.78 is 1.90. The maximum Gasteiger partial charge on any atom is 0.213 e. The lowest BCUT2D eigenvalue weighted by molar-refractivity contribution is -0.514. The van der Waals surface area contributed by atoms with E-state index in [1.807, 2.05) is 22.6 Å². The normalized spacial score (nSPS) is 19.1. The van der Waals surface area contributed by atoms with E-state index in [9.17, 15) is 0 Å². The summed E-state index contributed by atoms with van der Waals surface area (Å²) in [6.07, 6.45) is 11.4. The highest BCUT2D eigenvalue weighted by Crippen LogP contribution is 2.07. The minimum atomic E-state index is 0.996. The van der Waals surface area contributed by atoms with Gasteiger partial charge >= 0.3 is 0 Å². The predicted octanol–water partition coefficient (Wildman–Crippen LogP) is 1.28. The number of rotatable bonds is 0. The summed E-state index contributed by atoms with van der Waals surface area (Å²) in [6.45, 7) is 3.93. The standard InChI is InChI=1S/C12H12N/c1-13-10-6-5-9-12(13)11-7-3-2-4-8-11/h2-7,9-10H,1,8H2/q+1/b12-11+. The van der Waals surface area contributed by atoms with Crippen molar-refractivity contribution < 1.29 is 4.24 Å². The summed E-state index contributed by atoms with van der Waals surface area (Å²) in [7, 11) is 0. The molecule has 0 bridgehead atoms. The first kappa shape index (κ1) is 7.99. The van der Waals surface area contributed by atoms with Crippen LogP contribution in [0.5, 0.6) is 0 Å². The molecule has 0 radical (unpaired) electrons. The van der Waals surface area contributed by atoms with E-state index in [-0.39, 0.29) is 0 Å². The highest BCUT2D eigenvalue weighted by Gasteiger charge is 2.00. The molecule has 1 aromatic heterocycles. The zero-order valence-electron chi connectivity index (χ0n) is 7.48. The van der Waals surface area contributed by atoms with Gasteiger partial charge in [-0.15, -0.1) is 0 Å². The molecule has 0 amide bonds. The molecule has 1 heterocycles. The van der Waals surface area contributed by atoms with Crippen LogP contribution in [0.3, 0.4) is 0 Å². The van der Waals surface area contributed by atoms with Gasteiger partial charge in [0.05, 0.1) is 0 Å². The molecule has 0 N–H and O–H groups in total. The smallest absolute Gasteiger partial charge is 0.174 e. The van der Waals surface area contributed by atoms with Crippen molar-refractivity contribution in [3.8, 4) is 0 Å². The van der Waals surface area contributed by atoms with Crippen LogP contribution in [0, 0.1) is 6.72 Å². The number of allylic oxidation sites excluding steroid dienone is 4. The molecule has 0 aliphatic heterocycles. The lowest BCUT2D eigenvalue weighted by atomic mass is 10.1. The van der Waals surface area contributed by atoms with Crippen molar-refractivity contribution in [3.63, 3.8) is 0 Å². The largest absolute Gasteiger partial charge is 0.213 e. The van der Waals surface area contributed by atoms with Crippen LogP contribution in [0.25, 0.3) is 5.57 Å². The van der Waals surface area contributed by atoms with Gasteiger partial charge in [-0.2, -0.15) is 4.24 Å². The van der Waals surface area contributed by atoms with E-state index in [4.69, 9.17) is 0 Å². The number of hydrogen-bond acceptors (Lipinski definition) is 0. The summed E-state index contributed by atoms with van der Waals surface area (Å²) in [5.74, 6) is 0. The zero-order chi connectivity index (χ0) is 9.10. The molecule has 0 spiro atoms. The Bertz CT molecular complexity index is 466.